The number of nitrogens with zero attached hydrogens (tertiary/aromatic N) is 2. The summed E-state index contributed by atoms with van der Waals surface area (Å²) in [6.07, 6.45) is -3.39. The Bertz CT molecular complexity index is 710. The van der Waals surface area contributed by atoms with Crippen LogP contribution in [0, 0.1) is 6.92 Å². The first-order chi connectivity index (χ1) is 10.9. The molecule has 1 heterocycles. The Labute approximate surface area is 137 Å². The summed E-state index contributed by atoms with van der Waals surface area (Å²) in [6, 6.07) is 7.17. The SMILES string of the molecule is Cc1cc(N/N=C/[C@H](O)[C@H](O)[C@H](O)CO)nc2cc(Cl)ccc12. The third-order valence-electron chi connectivity index (χ3n) is 3.32. The maximum Gasteiger partial charge on any atom is 0.147 e. The second-order valence-corrected chi connectivity index (χ2v) is 5.54. The Hall–Kier alpha value is -1.77. The molecule has 0 aliphatic carbocycles. The number of hydrogen-bond acceptors (Lipinski definition) is 7. The normalized spacial score (nSPS) is 15.7. The summed E-state index contributed by atoms with van der Waals surface area (Å²) < 4.78 is 0. The minimum Gasteiger partial charge on any atom is -0.394 e. The predicted molar refractivity (Wildman–Crippen MR) is 88.7 cm³/mol. The molecule has 0 saturated heterocycles. The zero-order chi connectivity index (χ0) is 17.0. The molecule has 1 aromatic heterocycles. The van der Waals surface area contributed by atoms with Crippen LogP contribution in [0.5, 0.6) is 0 Å². The molecule has 0 aliphatic rings. The zero-order valence-corrected chi connectivity index (χ0v) is 13.1. The van der Waals surface area contributed by atoms with Gasteiger partial charge in [0.2, 0.25) is 0 Å². The van der Waals surface area contributed by atoms with Crippen LogP contribution in [0.1, 0.15) is 5.56 Å². The van der Waals surface area contributed by atoms with Gasteiger partial charge in [0, 0.05) is 10.4 Å². The highest BCUT2D eigenvalue weighted by Gasteiger charge is 2.22. The van der Waals surface area contributed by atoms with Crippen molar-refractivity contribution in [2.75, 3.05) is 12.0 Å². The van der Waals surface area contributed by atoms with Crippen molar-refractivity contribution in [3.8, 4) is 0 Å². The van der Waals surface area contributed by atoms with E-state index in [1.54, 1.807) is 18.2 Å². The standard InChI is InChI=1S/C15H18ClN3O4/c1-8-4-14(18-11-5-9(16)2-3-10(8)11)19-17-6-12(21)15(23)13(22)7-20/h2-6,12-13,15,20-23H,7H2,1H3,(H,18,19)/b17-6+/t12-,13+,15-/m0/s1. The van der Waals surface area contributed by atoms with Gasteiger partial charge in [-0.2, -0.15) is 5.10 Å². The molecule has 8 heteroatoms. The molecule has 124 valence electrons. The Morgan fingerprint density at radius 1 is 1.30 bits per heavy atom. The van der Waals surface area contributed by atoms with E-state index < -0.39 is 24.9 Å². The van der Waals surface area contributed by atoms with Crippen molar-refractivity contribution in [2.24, 2.45) is 5.10 Å². The molecule has 3 atom stereocenters. The lowest BCUT2D eigenvalue weighted by molar-refractivity contribution is -0.0541. The van der Waals surface area contributed by atoms with Crippen LogP contribution in [0.15, 0.2) is 29.4 Å². The lowest BCUT2D eigenvalue weighted by Crippen LogP contribution is -2.40. The number of aryl methyl sites for hydroxylation is 1. The summed E-state index contributed by atoms with van der Waals surface area (Å²) in [5.41, 5.74) is 4.31. The Morgan fingerprint density at radius 3 is 2.74 bits per heavy atom. The van der Waals surface area contributed by atoms with E-state index >= 15 is 0 Å². The molecule has 0 unspecified atom stereocenters. The van der Waals surface area contributed by atoms with Crippen molar-refractivity contribution in [2.45, 2.75) is 25.2 Å². The van der Waals surface area contributed by atoms with E-state index in [0.717, 1.165) is 17.2 Å². The number of aliphatic hydroxyl groups excluding tert-OH is 4. The van der Waals surface area contributed by atoms with Crippen LogP contribution < -0.4 is 5.43 Å². The number of nitrogens with one attached hydrogen (secondary N) is 1. The van der Waals surface area contributed by atoms with Crippen LogP contribution in [0.4, 0.5) is 5.82 Å². The number of hydrogen-bond donors (Lipinski definition) is 5. The number of hydrazone groups is 1. The first-order valence-electron chi connectivity index (χ1n) is 6.93. The van der Waals surface area contributed by atoms with Crippen molar-refractivity contribution in [1.82, 2.24) is 4.98 Å². The van der Waals surface area contributed by atoms with E-state index in [-0.39, 0.29) is 0 Å². The summed E-state index contributed by atoms with van der Waals surface area (Å²) in [6.45, 7) is 1.26. The van der Waals surface area contributed by atoms with E-state index in [4.69, 9.17) is 16.7 Å². The van der Waals surface area contributed by atoms with Gasteiger partial charge in [0.25, 0.3) is 0 Å². The minimum absolute atomic E-state index is 0.443. The zero-order valence-electron chi connectivity index (χ0n) is 12.4. The van der Waals surface area contributed by atoms with Crippen molar-refractivity contribution in [1.29, 1.82) is 0 Å². The second-order valence-electron chi connectivity index (χ2n) is 5.11. The monoisotopic (exact) mass is 339 g/mol. The maximum atomic E-state index is 9.61. The molecule has 0 bridgehead atoms. The highest BCUT2D eigenvalue weighted by molar-refractivity contribution is 6.31. The number of benzene rings is 1. The first kappa shape index (κ1) is 17.6. The number of aromatic nitrogens is 1. The molecular formula is C15H18ClN3O4. The van der Waals surface area contributed by atoms with Gasteiger partial charge in [-0.3, -0.25) is 5.43 Å². The molecule has 0 spiro atoms. The molecule has 2 rings (SSSR count). The number of aliphatic hydroxyl groups is 4. The van der Waals surface area contributed by atoms with Gasteiger partial charge in [-0.25, -0.2) is 4.98 Å². The lowest BCUT2D eigenvalue weighted by Gasteiger charge is -2.18. The Morgan fingerprint density at radius 2 is 2.04 bits per heavy atom. The van der Waals surface area contributed by atoms with E-state index in [0.29, 0.717) is 16.4 Å². The minimum atomic E-state index is -1.53. The molecule has 0 saturated carbocycles. The maximum absolute atomic E-state index is 9.61. The van der Waals surface area contributed by atoms with E-state index in [1.165, 1.54) is 0 Å². The fourth-order valence-corrected chi connectivity index (χ4v) is 2.20. The predicted octanol–water partition coefficient (Wildman–Crippen LogP) is 0.669. The van der Waals surface area contributed by atoms with E-state index in [9.17, 15) is 15.3 Å². The molecule has 5 N–H and O–H groups in total. The second kappa shape index (κ2) is 7.67. The molecule has 2 aromatic rings. The lowest BCUT2D eigenvalue weighted by atomic mass is 10.1. The summed E-state index contributed by atoms with van der Waals surface area (Å²) in [4.78, 5) is 4.35. The van der Waals surface area contributed by atoms with E-state index in [1.807, 2.05) is 13.0 Å². The van der Waals surface area contributed by atoms with Gasteiger partial charge in [-0.15, -0.1) is 0 Å². The van der Waals surface area contributed by atoms with Gasteiger partial charge < -0.3 is 20.4 Å². The number of halogens is 1. The molecule has 0 radical (unpaired) electrons. The topological polar surface area (TPSA) is 118 Å². The van der Waals surface area contributed by atoms with Crippen LogP contribution in [-0.4, -0.2) is 56.5 Å². The van der Waals surface area contributed by atoms with Crippen LogP contribution in [0.2, 0.25) is 5.02 Å². The van der Waals surface area contributed by atoms with Gasteiger partial charge in [-0.05, 0) is 30.7 Å². The van der Waals surface area contributed by atoms with Gasteiger partial charge in [0.1, 0.15) is 24.1 Å². The van der Waals surface area contributed by atoms with Gasteiger partial charge in [0.05, 0.1) is 18.3 Å². The average molecular weight is 340 g/mol. The molecule has 0 fully saturated rings. The van der Waals surface area contributed by atoms with Crippen LogP contribution in [0.25, 0.3) is 10.9 Å². The first-order valence-corrected chi connectivity index (χ1v) is 7.31. The summed E-state index contributed by atoms with van der Waals surface area (Å²) in [5.74, 6) is 0.443. The van der Waals surface area contributed by atoms with E-state index in [2.05, 4.69) is 15.5 Å². The molecule has 7 nitrogen and oxygen atoms in total. The van der Waals surface area contributed by atoms with Crippen molar-refractivity contribution in [3.05, 3.63) is 34.9 Å². The summed E-state index contributed by atoms with van der Waals surface area (Å²) in [5, 5.41) is 42.3. The highest BCUT2D eigenvalue weighted by atomic mass is 35.5. The molecule has 0 aliphatic heterocycles. The fraction of sp³-hybridized carbons (Fsp3) is 0.333. The summed E-state index contributed by atoms with van der Waals surface area (Å²) in [7, 11) is 0. The van der Waals surface area contributed by atoms with Gasteiger partial charge in [-0.1, -0.05) is 17.7 Å². The van der Waals surface area contributed by atoms with Crippen molar-refractivity contribution in [3.63, 3.8) is 0 Å². The van der Waals surface area contributed by atoms with Crippen LogP contribution in [-0.2, 0) is 0 Å². The van der Waals surface area contributed by atoms with Crippen LogP contribution >= 0.6 is 11.6 Å². The number of rotatable bonds is 6. The smallest absolute Gasteiger partial charge is 0.147 e. The third-order valence-corrected chi connectivity index (χ3v) is 3.55. The van der Waals surface area contributed by atoms with Gasteiger partial charge >= 0.3 is 0 Å². The summed E-state index contributed by atoms with van der Waals surface area (Å²) >= 11 is 5.95. The number of pyridine rings is 1. The molecular weight excluding hydrogens is 322 g/mol. The Kier molecular flexibility index (Phi) is 5.86. The fourth-order valence-electron chi connectivity index (χ4n) is 2.04. The molecule has 23 heavy (non-hydrogen) atoms. The Balaban J connectivity index is 2.11. The quantitative estimate of drug-likeness (QED) is 0.390. The van der Waals surface area contributed by atoms with Crippen molar-refractivity contribution >= 4 is 34.5 Å². The van der Waals surface area contributed by atoms with Crippen LogP contribution in [0.3, 0.4) is 0 Å². The van der Waals surface area contributed by atoms with Gasteiger partial charge in [0.15, 0.2) is 0 Å². The third kappa shape index (κ3) is 4.37. The number of anilines is 1. The molecule has 1 aromatic carbocycles. The highest BCUT2D eigenvalue weighted by Crippen LogP contribution is 2.23. The largest absolute Gasteiger partial charge is 0.394 e. The molecule has 0 amide bonds. The average Bonchev–Trinajstić information content (AvgIpc) is 2.52. The van der Waals surface area contributed by atoms with Crippen molar-refractivity contribution < 1.29 is 20.4 Å². The number of fused-ring (bicyclic) bond motifs is 1.